The first-order valence-electron chi connectivity index (χ1n) is 7.60. The van der Waals surface area contributed by atoms with Gasteiger partial charge in [-0.3, -0.25) is 4.79 Å². The summed E-state index contributed by atoms with van der Waals surface area (Å²) < 4.78 is 6.72. The van der Waals surface area contributed by atoms with Gasteiger partial charge in [0.1, 0.15) is 5.75 Å². The third-order valence-corrected chi connectivity index (χ3v) is 3.63. The molecular formula is C17H16ClN5O2. The molecule has 0 spiro atoms. The number of carbonyl (C=O) groups is 1. The average Bonchev–Trinajstić information content (AvgIpc) is 2.98. The molecular weight excluding hydrogens is 342 g/mol. The van der Waals surface area contributed by atoms with Gasteiger partial charge in [-0.05, 0) is 49.4 Å². The lowest BCUT2D eigenvalue weighted by Crippen LogP contribution is -2.15. The number of nitrogens with two attached hydrogens (primary N) is 1. The van der Waals surface area contributed by atoms with Crippen molar-refractivity contribution in [2.45, 2.75) is 6.92 Å². The Bertz CT molecular complexity index is 892. The van der Waals surface area contributed by atoms with E-state index in [1.54, 1.807) is 48.5 Å². The highest BCUT2D eigenvalue weighted by Gasteiger charge is 2.18. The van der Waals surface area contributed by atoms with Crippen LogP contribution in [-0.4, -0.2) is 27.5 Å². The van der Waals surface area contributed by atoms with Crippen molar-refractivity contribution in [1.82, 2.24) is 15.0 Å². The van der Waals surface area contributed by atoms with Gasteiger partial charge in [-0.25, -0.2) is 0 Å². The van der Waals surface area contributed by atoms with Crippen molar-refractivity contribution in [2.75, 3.05) is 17.7 Å². The van der Waals surface area contributed by atoms with Crippen LogP contribution in [0.4, 0.5) is 11.5 Å². The number of nitrogen functional groups attached to an aromatic ring is 1. The number of ether oxygens (including phenoxy) is 1. The summed E-state index contributed by atoms with van der Waals surface area (Å²) >= 11 is 5.97. The fraction of sp³-hybridized carbons (Fsp3) is 0.118. The summed E-state index contributed by atoms with van der Waals surface area (Å²) in [5.41, 5.74) is 7.28. The minimum atomic E-state index is -0.449. The molecule has 0 saturated carbocycles. The Morgan fingerprint density at radius 2 is 2.04 bits per heavy atom. The third-order valence-electron chi connectivity index (χ3n) is 3.40. The molecule has 8 heteroatoms. The van der Waals surface area contributed by atoms with E-state index in [0.717, 1.165) is 5.75 Å². The minimum Gasteiger partial charge on any atom is -0.494 e. The molecule has 7 nitrogen and oxygen atoms in total. The van der Waals surface area contributed by atoms with E-state index in [4.69, 9.17) is 22.1 Å². The Kier molecular flexibility index (Phi) is 4.85. The lowest BCUT2D eigenvalue weighted by atomic mass is 10.3. The van der Waals surface area contributed by atoms with Crippen molar-refractivity contribution < 1.29 is 9.53 Å². The topological polar surface area (TPSA) is 95.1 Å². The normalized spacial score (nSPS) is 10.5. The van der Waals surface area contributed by atoms with Gasteiger partial charge in [0.25, 0.3) is 5.91 Å². The van der Waals surface area contributed by atoms with E-state index in [-0.39, 0.29) is 11.5 Å². The molecule has 0 unspecified atom stereocenters. The minimum absolute atomic E-state index is 0.0360. The zero-order valence-corrected chi connectivity index (χ0v) is 14.2. The van der Waals surface area contributed by atoms with Crippen LogP contribution >= 0.6 is 11.6 Å². The number of nitrogens with one attached hydrogen (secondary N) is 1. The van der Waals surface area contributed by atoms with Gasteiger partial charge in [0.05, 0.1) is 12.3 Å². The fourth-order valence-electron chi connectivity index (χ4n) is 2.24. The van der Waals surface area contributed by atoms with E-state index in [1.165, 1.54) is 4.68 Å². The van der Waals surface area contributed by atoms with E-state index in [1.807, 2.05) is 6.92 Å². The van der Waals surface area contributed by atoms with Crippen molar-refractivity contribution in [2.24, 2.45) is 0 Å². The fourth-order valence-corrected chi connectivity index (χ4v) is 2.43. The number of hydrogen-bond donors (Lipinski definition) is 2. The van der Waals surface area contributed by atoms with Gasteiger partial charge in [0.15, 0.2) is 11.5 Å². The molecule has 0 bridgehead atoms. The highest BCUT2D eigenvalue weighted by Crippen LogP contribution is 2.20. The SMILES string of the molecule is CCOc1ccc(NC(=O)c2nnn(-c3cccc(Cl)c3)c2N)cc1. The van der Waals surface area contributed by atoms with Gasteiger partial charge >= 0.3 is 0 Å². The summed E-state index contributed by atoms with van der Waals surface area (Å²) in [4.78, 5) is 12.4. The first-order valence-corrected chi connectivity index (χ1v) is 7.97. The molecule has 0 radical (unpaired) electrons. The summed E-state index contributed by atoms with van der Waals surface area (Å²) in [5, 5.41) is 11.1. The van der Waals surface area contributed by atoms with E-state index in [9.17, 15) is 4.79 Å². The van der Waals surface area contributed by atoms with Crippen LogP contribution in [0.25, 0.3) is 5.69 Å². The van der Waals surface area contributed by atoms with Crippen LogP contribution in [0.1, 0.15) is 17.4 Å². The highest BCUT2D eigenvalue weighted by atomic mass is 35.5. The summed E-state index contributed by atoms with van der Waals surface area (Å²) in [7, 11) is 0. The molecule has 0 saturated heterocycles. The average molecular weight is 358 g/mol. The standard InChI is InChI=1S/C17H16ClN5O2/c1-2-25-14-8-6-12(7-9-14)20-17(24)15-16(19)23(22-21-15)13-5-3-4-11(18)10-13/h3-10H,2,19H2,1H3,(H,20,24). The van der Waals surface area contributed by atoms with Crippen molar-refractivity contribution in [3.63, 3.8) is 0 Å². The molecule has 3 rings (SSSR count). The Labute approximate surface area is 149 Å². The molecule has 0 aliphatic rings. The summed E-state index contributed by atoms with van der Waals surface area (Å²) in [6.45, 7) is 2.48. The van der Waals surface area contributed by atoms with Gasteiger partial charge in [0, 0.05) is 10.7 Å². The van der Waals surface area contributed by atoms with E-state index < -0.39 is 5.91 Å². The number of rotatable bonds is 5. The number of amides is 1. The quantitative estimate of drug-likeness (QED) is 0.731. The summed E-state index contributed by atoms with van der Waals surface area (Å²) in [6, 6.07) is 14.0. The van der Waals surface area contributed by atoms with Gasteiger partial charge in [-0.1, -0.05) is 22.9 Å². The molecule has 1 aromatic heterocycles. The second kappa shape index (κ2) is 7.23. The van der Waals surface area contributed by atoms with Crippen molar-refractivity contribution in [3.8, 4) is 11.4 Å². The molecule has 3 aromatic rings. The Hall–Kier alpha value is -3.06. The number of hydrogen-bond acceptors (Lipinski definition) is 5. The zero-order valence-electron chi connectivity index (χ0n) is 13.4. The number of halogens is 1. The van der Waals surface area contributed by atoms with Crippen LogP contribution in [0.5, 0.6) is 5.75 Å². The molecule has 0 aliphatic heterocycles. The second-order valence-electron chi connectivity index (χ2n) is 5.13. The molecule has 3 N–H and O–H groups in total. The predicted octanol–water partition coefficient (Wildman–Crippen LogP) is 3.15. The van der Waals surface area contributed by atoms with Gasteiger partial charge in [-0.2, -0.15) is 4.68 Å². The molecule has 0 aliphatic carbocycles. The lowest BCUT2D eigenvalue weighted by molar-refractivity contribution is 0.102. The van der Waals surface area contributed by atoms with Gasteiger partial charge < -0.3 is 15.8 Å². The number of anilines is 2. The van der Waals surface area contributed by atoms with Crippen LogP contribution in [0.3, 0.4) is 0 Å². The summed E-state index contributed by atoms with van der Waals surface area (Å²) in [6.07, 6.45) is 0. The molecule has 25 heavy (non-hydrogen) atoms. The van der Waals surface area contributed by atoms with Crippen LogP contribution in [0, 0.1) is 0 Å². The number of nitrogens with zero attached hydrogens (tertiary/aromatic N) is 3. The Morgan fingerprint density at radius 1 is 1.28 bits per heavy atom. The molecule has 128 valence electrons. The van der Waals surface area contributed by atoms with Gasteiger partial charge in [0.2, 0.25) is 0 Å². The second-order valence-corrected chi connectivity index (χ2v) is 5.56. The number of carbonyl (C=O) groups excluding carboxylic acids is 1. The molecule has 1 amide bonds. The first-order chi connectivity index (χ1) is 12.1. The maximum absolute atomic E-state index is 12.4. The van der Waals surface area contributed by atoms with E-state index >= 15 is 0 Å². The van der Waals surface area contributed by atoms with Crippen molar-refractivity contribution >= 4 is 29.0 Å². The maximum Gasteiger partial charge on any atom is 0.280 e. The maximum atomic E-state index is 12.4. The van der Waals surface area contributed by atoms with Gasteiger partial charge in [-0.15, -0.1) is 5.10 Å². The third kappa shape index (κ3) is 3.72. The van der Waals surface area contributed by atoms with E-state index in [2.05, 4.69) is 15.6 Å². The Balaban J connectivity index is 1.79. The lowest BCUT2D eigenvalue weighted by Gasteiger charge is -2.07. The van der Waals surface area contributed by atoms with Crippen LogP contribution in [0.15, 0.2) is 48.5 Å². The van der Waals surface area contributed by atoms with Crippen LogP contribution in [0.2, 0.25) is 5.02 Å². The highest BCUT2D eigenvalue weighted by molar-refractivity contribution is 6.30. The predicted molar refractivity (Wildman–Crippen MR) is 96.3 cm³/mol. The largest absolute Gasteiger partial charge is 0.494 e. The molecule has 2 aromatic carbocycles. The molecule has 0 fully saturated rings. The smallest absolute Gasteiger partial charge is 0.280 e. The zero-order chi connectivity index (χ0) is 17.8. The number of aromatic nitrogens is 3. The molecule has 0 atom stereocenters. The van der Waals surface area contributed by atoms with E-state index in [0.29, 0.717) is 23.0 Å². The molecule has 1 heterocycles. The summed E-state index contributed by atoms with van der Waals surface area (Å²) in [5.74, 6) is 0.410. The van der Waals surface area contributed by atoms with Crippen LogP contribution in [-0.2, 0) is 0 Å². The Morgan fingerprint density at radius 3 is 2.72 bits per heavy atom. The van der Waals surface area contributed by atoms with Crippen LogP contribution < -0.4 is 15.8 Å². The number of benzene rings is 2. The van der Waals surface area contributed by atoms with Crippen molar-refractivity contribution in [3.05, 3.63) is 59.2 Å². The first kappa shape index (κ1) is 16.8. The monoisotopic (exact) mass is 357 g/mol. The van der Waals surface area contributed by atoms with Crippen molar-refractivity contribution in [1.29, 1.82) is 0 Å².